The zero-order valence-corrected chi connectivity index (χ0v) is 14.6. The topological polar surface area (TPSA) is 70.2 Å². The molecule has 26 heavy (non-hydrogen) atoms. The number of carbonyl (C=O) groups is 1. The summed E-state index contributed by atoms with van der Waals surface area (Å²) < 4.78 is 19.3. The number of aromatic amines is 1. The van der Waals surface area contributed by atoms with Crippen molar-refractivity contribution in [2.75, 3.05) is 19.7 Å². The molecule has 0 saturated carbocycles. The number of carbonyl (C=O) groups excluding carboxylic acids is 1. The lowest BCUT2D eigenvalue weighted by Crippen LogP contribution is -2.38. The van der Waals surface area contributed by atoms with Crippen molar-refractivity contribution in [1.82, 2.24) is 20.4 Å². The second kappa shape index (κ2) is 7.55. The van der Waals surface area contributed by atoms with Gasteiger partial charge >= 0.3 is 0 Å². The van der Waals surface area contributed by atoms with Crippen molar-refractivity contribution in [2.45, 2.75) is 38.5 Å². The highest BCUT2D eigenvalue weighted by molar-refractivity contribution is 5.94. The quantitative estimate of drug-likeness (QED) is 0.858. The lowest BCUT2D eigenvalue weighted by atomic mass is 10.1. The van der Waals surface area contributed by atoms with E-state index in [2.05, 4.69) is 15.5 Å². The minimum absolute atomic E-state index is 0.0282. The number of hydrogen-bond donors (Lipinski definition) is 2. The van der Waals surface area contributed by atoms with Crippen molar-refractivity contribution in [3.8, 4) is 0 Å². The molecule has 4 rings (SSSR count). The van der Waals surface area contributed by atoms with Gasteiger partial charge in [-0.1, -0.05) is 12.1 Å². The van der Waals surface area contributed by atoms with Crippen LogP contribution in [0, 0.1) is 5.82 Å². The Morgan fingerprint density at radius 3 is 3.15 bits per heavy atom. The average molecular weight is 358 g/mol. The summed E-state index contributed by atoms with van der Waals surface area (Å²) in [5.74, 6) is -0.431. The van der Waals surface area contributed by atoms with Gasteiger partial charge in [-0.15, -0.1) is 0 Å². The maximum atomic E-state index is 13.6. The molecule has 0 bridgehead atoms. The highest BCUT2D eigenvalue weighted by Gasteiger charge is 2.28. The summed E-state index contributed by atoms with van der Waals surface area (Å²) in [5.41, 5.74) is 3.19. The van der Waals surface area contributed by atoms with E-state index in [0.717, 1.165) is 49.2 Å². The molecule has 2 aliphatic heterocycles. The van der Waals surface area contributed by atoms with Crippen molar-refractivity contribution < 1.29 is 13.9 Å². The van der Waals surface area contributed by atoms with Crippen LogP contribution >= 0.6 is 0 Å². The number of benzene rings is 1. The second-order valence-electron chi connectivity index (χ2n) is 6.91. The molecule has 138 valence electrons. The number of nitrogens with one attached hydrogen (secondary N) is 2. The summed E-state index contributed by atoms with van der Waals surface area (Å²) in [6.45, 7) is 3.08. The Kier molecular flexibility index (Phi) is 4.99. The third-order valence-electron chi connectivity index (χ3n) is 5.01. The fraction of sp³-hybridized carbons (Fsp3) is 0.474. The molecule has 2 N–H and O–H groups in total. The van der Waals surface area contributed by atoms with Crippen LogP contribution < -0.4 is 5.32 Å². The largest absolute Gasteiger partial charge is 0.376 e. The first-order valence-electron chi connectivity index (χ1n) is 9.13. The van der Waals surface area contributed by atoms with Gasteiger partial charge in [0.05, 0.1) is 6.10 Å². The molecule has 2 aliphatic rings. The van der Waals surface area contributed by atoms with E-state index in [-0.39, 0.29) is 17.8 Å². The van der Waals surface area contributed by atoms with Crippen LogP contribution in [0.4, 0.5) is 4.39 Å². The molecule has 0 radical (unpaired) electrons. The fourth-order valence-electron chi connectivity index (χ4n) is 3.66. The summed E-state index contributed by atoms with van der Waals surface area (Å²) in [7, 11) is 0. The Balaban J connectivity index is 1.58. The van der Waals surface area contributed by atoms with E-state index in [4.69, 9.17) is 4.74 Å². The SMILES string of the molecule is O=C(c1n[nH]c2c1CNCC2)N(Cc1cccc(F)c1)CC1CCCO1. The minimum Gasteiger partial charge on any atom is -0.376 e. The molecule has 0 spiro atoms. The van der Waals surface area contributed by atoms with Gasteiger partial charge in [-0.25, -0.2) is 4.39 Å². The number of H-pyrrole nitrogens is 1. The van der Waals surface area contributed by atoms with Crippen molar-refractivity contribution in [1.29, 1.82) is 0 Å². The maximum absolute atomic E-state index is 13.6. The monoisotopic (exact) mass is 358 g/mol. The zero-order chi connectivity index (χ0) is 17.9. The van der Waals surface area contributed by atoms with E-state index >= 15 is 0 Å². The first-order chi connectivity index (χ1) is 12.7. The number of rotatable bonds is 5. The average Bonchev–Trinajstić information content (AvgIpc) is 3.30. The molecule has 1 atom stereocenters. The Bertz CT molecular complexity index is 786. The van der Waals surface area contributed by atoms with Crippen LogP contribution in [0.3, 0.4) is 0 Å². The van der Waals surface area contributed by atoms with Crippen LogP contribution in [0.1, 0.15) is 40.2 Å². The summed E-state index contributed by atoms with van der Waals surface area (Å²) in [5, 5.41) is 10.6. The van der Waals surface area contributed by atoms with E-state index in [9.17, 15) is 9.18 Å². The van der Waals surface area contributed by atoms with E-state index in [1.807, 2.05) is 6.07 Å². The number of amides is 1. The highest BCUT2D eigenvalue weighted by Crippen LogP contribution is 2.21. The Morgan fingerprint density at radius 2 is 2.35 bits per heavy atom. The molecule has 3 heterocycles. The van der Waals surface area contributed by atoms with Gasteiger partial charge in [0, 0.05) is 50.5 Å². The van der Waals surface area contributed by atoms with Crippen LogP contribution in [0.5, 0.6) is 0 Å². The van der Waals surface area contributed by atoms with Crippen molar-refractivity contribution in [3.05, 3.63) is 52.6 Å². The third-order valence-corrected chi connectivity index (χ3v) is 5.01. The molecular formula is C19H23FN4O2. The molecule has 1 amide bonds. The van der Waals surface area contributed by atoms with Gasteiger partial charge in [-0.05, 0) is 30.5 Å². The van der Waals surface area contributed by atoms with Crippen LogP contribution in [-0.2, 0) is 24.2 Å². The molecule has 1 aromatic heterocycles. The van der Waals surface area contributed by atoms with Gasteiger partial charge in [0.2, 0.25) is 0 Å². The normalized spacial score (nSPS) is 19.3. The number of halogens is 1. The smallest absolute Gasteiger partial charge is 0.275 e. The maximum Gasteiger partial charge on any atom is 0.275 e. The van der Waals surface area contributed by atoms with E-state index in [1.54, 1.807) is 11.0 Å². The lowest BCUT2D eigenvalue weighted by Gasteiger charge is -2.25. The summed E-state index contributed by atoms with van der Waals surface area (Å²) in [6, 6.07) is 6.38. The van der Waals surface area contributed by atoms with Gasteiger partial charge in [0.25, 0.3) is 5.91 Å². The van der Waals surface area contributed by atoms with E-state index in [0.29, 0.717) is 25.3 Å². The first kappa shape index (κ1) is 17.2. The minimum atomic E-state index is -0.298. The second-order valence-corrected chi connectivity index (χ2v) is 6.91. The van der Waals surface area contributed by atoms with Gasteiger partial charge in [-0.3, -0.25) is 9.89 Å². The number of nitrogens with zero attached hydrogens (tertiary/aromatic N) is 2. The molecule has 1 unspecified atom stereocenters. The first-order valence-corrected chi connectivity index (χ1v) is 9.13. The van der Waals surface area contributed by atoms with E-state index < -0.39 is 0 Å². The number of ether oxygens (including phenoxy) is 1. The molecule has 2 aromatic rings. The van der Waals surface area contributed by atoms with Gasteiger partial charge in [0.15, 0.2) is 5.69 Å². The van der Waals surface area contributed by atoms with E-state index in [1.165, 1.54) is 12.1 Å². The Hall–Kier alpha value is -2.25. The van der Waals surface area contributed by atoms with Crippen LogP contribution in [0.15, 0.2) is 24.3 Å². The Labute approximate surface area is 151 Å². The van der Waals surface area contributed by atoms with Crippen LogP contribution in [0.2, 0.25) is 0 Å². The van der Waals surface area contributed by atoms with Crippen molar-refractivity contribution in [3.63, 3.8) is 0 Å². The fourth-order valence-corrected chi connectivity index (χ4v) is 3.66. The predicted molar refractivity (Wildman–Crippen MR) is 94.1 cm³/mol. The zero-order valence-electron chi connectivity index (χ0n) is 14.6. The van der Waals surface area contributed by atoms with Crippen LogP contribution in [0.25, 0.3) is 0 Å². The summed E-state index contributed by atoms with van der Waals surface area (Å²) in [6.07, 6.45) is 2.81. The summed E-state index contributed by atoms with van der Waals surface area (Å²) >= 11 is 0. The lowest BCUT2D eigenvalue weighted by molar-refractivity contribution is 0.0501. The third kappa shape index (κ3) is 3.64. The highest BCUT2D eigenvalue weighted by atomic mass is 19.1. The van der Waals surface area contributed by atoms with Gasteiger partial charge < -0.3 is 15.0 Å². The summed E-state index contributed by atoms with van der Waals surface area (Å²) in [4.78, 5) is 15.0. The number of aromatic nitrogens is 2. The van der Waals surface area contributed by atoms with Crippen molar-refractivity contribution in [2.24, 2.45) is 0 Å². The Morgan fingerprint density at radius 1 is 1.42 bits per heavy atom. The predicted octanol–water partition coefficient (Wildman–Crippen LogP) is 2.02. The molecule has 1 saturated heterocycles. The molecule has 6 nitrogen and oxygen atoms in total. The molecular weight excluding hydrogens is 335 g/mol. The van der Waals surface area contributed by atoms with Gasteiger partial charge in [-0.2, -0.15) is 5.10 Å². The van der Waals surface area contributed by atoms with Crippen LogP contribution in [-0.4, -0.2) is 46.8 Å². The van der Waals surface area contributed by atoms with Crippen molar-refractivity contribution >= 4 is 5.91 Å². The molecule has 1 aromatic carbocycles. The molecule has 7 heteroatoms. The number of hydrogen-bond acceptors (Lipinski definition) is 4. The standard InChI is InChI=1S/C19H23FN4O2/c20-14-4-1-3-13(9-14)11-24(12-15-5-2-8-26-15)19(25)18-16-10-21-7-6-17(16)22-23-18/h1,3-4,9,15,21H,2,5-8,10-12H2,(H,22,23). The number of fused-ring (bicyclic) bond motifs is 1. The molecule has 1 fully saturated rings. The van der Waals surface area contributed by atoms with Gasteiger partial charge in [0.1, 0.15) is 5.82 Å². The molecule has 0 aliphatic carbocycles.